The first kappa shape index (κ1) is 19.7. The fourth-order valence-corrected chi connectivity index (χ4v) is 2.24. The zero-order valence-electron chi connectivity index (χ0n) is 13.4. The second kappa shape index (κ2) is 7.61. The summed E-state index contributed by atoms with van der Waals surface area (Å²) >= 11 is 0. The topological polar surface area (TPSA) is 88.0 Å². The minimum absolute atomic E-state index is 0. The molecule has 0 atom stereocenters. The highest BCUT2D eigenvalue weighted by atomic mass is 35.5. The maximum Gasteiger partial charge on any atom is 0.268 e. The van der Waals surface area contributed by atoms with Gasteiger partial charge in [-0.25, -0.2) is 0 Å². The van der Waals surface area contributed by atoms with Gasteiger partial charge < -0.3 is 16.0 Å². The lowest BCUT2D eigenvalue weighted by molar-refractivity contribution is 0.0940. The number of aromatic nitrogens is 1. The van der Waals surface area contributed by atoms with Crippen molar-refractivity contribution in [1.82, 2.24) is 10.3 Å². The highest BCUT2D eigenvalue weighted by molar-refractivity contribution is 6.02. The van der Waals surface area contributed by atoms with E-state index in [0.29, 0.717) is 24.2 Å². The minimum atomic E-state index is -0.467. The first-order valence-electron chi connectivity index (χ1n) is 6.96. The smallest absolute Gasteiger partial charge is 0.268 e. The lowest BCUT2D eigenvalue weighted by Crippen LogP contribution is -2.45. The molecule has 5 nitrogen and oxygen atoms in total. The number of carbonyl (C=O) groups excluding carboxylic acids is 2. The van der Waals surface area contributed by atoms with Gasteiger partial charge in [-0.2, -0.15) is 0 Å². The molecule has 0 bridgehead atoms. The van der Waals surface area contributed by atoms with Crippen molar-refractivity contribution in [3.05, 3.63) is 22.5 Å². The van der Waals surface area contributed by atoms with E-state index >= 15 is 0 Å². The number of aryl methyl sites for hydroxylation is 1. The fraction of sp³-hybridized carbons (Fsp3) is 0.600. The Kier molecular flexibility index (Phi) is 7.13. The lowest BCUT2D eigenvalue weighted by atomic mass is 10.0. The molecule has 0 radical (unpaired) electrons. The summed E-state index contributed by atoms with van der Waals surface area (Å²) in [5.41, 5.74) is 8.08. The van der Waals surface area contributed by atoms with Gasteiger partial charge >= 0.3 is 0 Å². The number of nitrogens with one attached hydrogen (secondary N) is 2. The van der Waals surface area contributed by atoms with Gasteiger partial charge in [0.05, 0.1) is 0 Å². The van der Waals surface area contributed by atoms with Crippen molar-refractivity contribution in [3.8, 4) is 0 Å². The SMILES string of the molecule is CCCc1c(C(=O)NCC(C)(C)N)[nH]c(C)c1C(C)=O.Cl. The van der Waals surface area contributed by atoms with Gasteiger partial charge in [0, 0.05) is 23.3 Å². The van der Waals surface area contributed by atoms with Crippen LogP contribution in [-0.4, -0.2) is 28.8 Å². The predicted octanol–water partition coefficient (Wildman–Crippen LogP) is 2.37. The molecule has 1 aromatic heterocycles. The van der Waals surface area contributed by atoms with Crippen molar-refractivity contribution >= 4 is 24.1 Å². The molecule has 0 spiro atoms. The molecular formula is C15H26ClN3O2. The van der Waals surface area contributed by atoms with Gasteiger partial charge in [-0.15, -0.1) is 12.4 Å². The van der Waals surface area contributed by atoms with Gasteiger partial charge in [0.15, 0.2) is 5.78 Å². The Morgan fingerprint density at radius 2 is 1.90 bits per heavy atom. The normalized spacial score (nSPS) is 11.0. The van der Waals surface area contributed by atoms with Gasteiger partial charge in [0.1, 0.15) is 5.69 Å². The molecule has 6 heteroatoms. The van der Waals surface area contributed by atoms with Crippen LogP contribution < -0.4 is 11.1 Å². The Morgan fingerprint density at radius 1 is 1.33 bits per heavy atom. The Hall–Kier alpha value is -1.33. The standard InChI is InChI=1S/C15H25N3O2.ClH/c1-6-7-11-12(10(3)19)9(2)18-13(11)14(20)17-8-15(4,5)16;/h18H,6-8,16H2,1-5H3,(H,17,20);1H. The predicted molar refractivity (Wildman–Crippen MR) is 87.4 cm³/mol. The molecule has 0 unspecified atom stereocenters. The van der Waals surface area contributed by atoms with Crippen LogP contribution >= 0.6 is 12.4 Å². The molecule has 1 heterocycles. The molecule has 120 valence electrons. The van der Waals surface area contributed by atoms with E-state index in [1.165, 1.54) is 6.92 Å². The van der Waals surface area contributed by atoms with Gasteiger partial charge in [-0.3, -0.25) is 9.59 Å². The third-order valence-electron chi connectivity index (χ3n) is 3.07. The summed E-state index contributed by atoms with van der Waals surface area (Å²) in [6.07, 6.45) is 1.58. The third-order valence-corrected chi connectivity index (χ3v) is 3.07. The molecule has 0 aliphatic heterocycles. The lowest BCUT2D eigenvalue weighted by Gasteiger charge is -2.18. The summed E-state index contributed by atoms with van der Waals surface area (Å²) in [4.78, 5) is 27.1. The van der Waals surface area contributed by atoms with E-state index in [9.17, 15) is 9.59 Å². The van der Waals surface area contributed by atoms with Crippen molar-refractivity contribution in [1.29, 1.82) is 0 Å². The monoisotopic (exact) mass is 315 g/mol. The van der Waals surface area contributed by atoms with E-state index in [-0.39, 0.29) is 24.1 Å². The molecule has 0 saturated carbocycles. The Balaban J connectivity index is 0.00000400. The molecule has 0 saturated heterocycles. The van der Waals surface area contributed by atoms with E-state index in [1.54, 1.807) is 0 Å². The summed E-state index contributed by atoms with van der Waals surface area (Å²) in [6, 6.07) is 0. The maximum absolute atomic E-state index is 12.3. The zero-order chi connectivity index (χ0) is 15.5. The largest absolute Gasteiger partial charge is 0.354 e. The van der Waals surface area contributed by atoms with Crippen molar-refractivity contribution < 1.29 is 9.59 Å². The van der Waals surface area contributed by atoms with Gasteiger partial charge in [0.2, 0.25) is 0 Å². The van der Waals surface area contributed by atoms with Crippen LogP contribution in [0.2, 0.25) is 0 Å². The van der Waals surface area contributed by atoms with Crippen LogP contribution in [0.3, 0.4) is 0 Å². The van der Waals surface area contributed by atoms with E-state index in [0.717, 1.165) is 17.7 Å². The molecule has 1 amide bonds. The van der Waals surface area contributed by atoms with Crippen LogP contribution in [-0.2, 0) is 6.42 Å². The van der Waals surface area contributed by atoms with E-state index < -0.39 is 5.54 Å². The van der Waals surface area contributed by atoms with Crippen molar-refractivity contribution in [3.63, 3.8) is 0 Å². The number of amides is 1. The molecule has 4 N–H and O–H groups in total. The van der Waals surface area contributed by atoms with Crippen LogP contribution in [0.25, 0.3) is 0 Å². The first-order chi connectivity index (χ1) is 9.17. The Bertz CT molecular complexity index is 516. The molecular weight excluding hydrogens is 290 g/mol. The first-order valence-corrected chi connectivity index (χ1v) is 6.96. The molecule has 0 fully saturated rings. The zero-order valence-corrected chi connectivity index (χ0v) is 14.2. The van der Waals surface area contributed by atoms with Crippen molar-refractivity contribution in [2.24, 2.45) is 5.73 Å². The molecule has 0 aliphatic rings. The second-order valence-corrected chi connectivity index (χ2v) is 5.96. The number of nitrogens with two attached hydrogens (primary N) is 1. The fourth-order valence-electron chi connectivity index (χ4n) is 2.24. The van der Waals surface area contributed by atoms with E-state index in [4.69, 9.17) is 5.73 Å². The summed E-state index contributed by atoms with van der Waals surface area (Å²) < 4.78 is 0. The number of hydrogen-bond acceptors (Lipinski definition) is 3. The third kappa shape index (κ3) is 5.17. The van der Waals surface area contributed by atoms with Crippen molar-refractivity contribution in [2.75, 3.05) is 6.54 Å². The Labute approximate surface area is 132 Å². The molecule has 0 aromatic carbocycles. The van der Waals surface area contributed by atoms with E-state index in [1.807, 2.05) is 27.7 Å². The number of ketones is 1. The van der Waals surface area contributed by atoms with E-state index in [2.05, 4.69) is 10.3 Å². The number of aromatic amines is 1. The van der Waals surface area contributed by atoms with Crippen LogP contribution in [0.15, 0.2) is 0 Å². The van der Waals surface area contributed by atoms with Crippen LogP contribution in [0, 0.1) is 6.92 Å². The van der Waals surface area contributed by atoms with Crippen molar-refractivity contribution in [2.45, 2.75) is 53.0 Å². The van der Waals surface area contributed by atoms with Gasteiger partial charge in [-0.1, -0.05) is 13.3 Å². The number of rotatable bonds is 6. The summed E-state index contributed by atoms with van der Waals surface area (Å²) in [6.45, 7) is 9.45. The van der Waals surface area contributed by atoms with Crippen LogP contribution in [0.1, 0.15) is 66.2 Å². The number of Topliss-reactive ketones (excluding diaryl/α,β-unsaturated/α-hetero) is 1. The average molecular weight is 316 g/mol. The average Bonchev–Trinajstić information content (AvgIpc) is 2.63. The van der Waals surface area contributed by atoms with Gasteiger partial charge in [0.25, 0.3) is 5.91 Å². The highest BCUT2D eigenvalue weighted by Crippen LogP contribution is 2.21. The molecule has 1 aromatic rings. The minimum Gasteiger partial charge on any atom is -0.354 e. The number of H-pyrrole nitrogens is 1. The van der Waals surface area contributed by atoms with Crippen LogP contribution in [0.5, 0.6) is 0 Å². The maximum atomic E-state index is 12.3. The van der Waals surface area contributed by atoms with Gasteiger partial charge in [-0.05, 0) is 39.7 Å². The number of carbonyl (C=O) groups is 2. The summed E-state index contributed by atoms with van der Waals surface area (Å²) in [7, 11) is 0. The van der Waals surface area contributed by atoms with Crippen LogP contribution in [0.4, 0.5) is 0 Å². The Morgan fingerprint density at radius 3 is 2.33 bits per heavy atom. The molecule has 21 heavy (non-hydrogen) atoms. The molecule has 1 rings (SSSR count). The second-order valence-electron chi connectivity index (χ2n) is 5.96. The number of halogens is 1. The summed E-state index contributed by atoms with van der Waals surface area (Å²) in [5.74, 6) is -0.219. The molecule has 0 aliphatic carbocycles. The number of hydrogen-bond donors (Lipinski definition) is 3. The highest BCUT2D eigenvalue weighted by Gasteiger charge is 2.23. The quantitative estimate of drug-likeness (QED) is 0.704. The summed E-state index contributed by atoms with van der Waals surface area (Å²) in [5, 5.41) is 2.81.